The maximum absolute atomic E-state index is 12.0. The maximum Gasteiger partial charge on any atom is 0.340 e. The fraction of sp³-hybridized carbons (Fsp3) is 0.500. The number of rotatable bonds is 4. The van der Waals surface area contributed by atoms with E-state index in [1.54, 1.807) is 32.0 Å². The highest BCUT2D eigenvalue weighted by Gasteiger charge is 2.51. The Kier molecular flexibility index (Phi) is 3.52. The van der Waals surface area contributed by atoms with Crippen LogP contribution in [-0.2, 0) is 14.3 Å². The van der Waals surface area contributed by atoms with E-state index >= 15 is 0 Å². The van der Waals surface area contributed by atoms with Crippen LogP contribution in [-0.4, -0.2) is 35.8 Å². The summed E-state index contributed by atoms with van der Waals surface area (Å²) in [5.74, 6) is -0.744. The molecule has 1 heterocycles. The molecule has 0 aromatic rings. The molecule has 0 saturated heterocycles. The van der Waals surface area contributed by atoms with Crippen LogP contribution in [0.3, 0.4) is 0 Å². The van der Waals surface area contributed by atoms with Crippen molar-refractivity contribution in [2.45, 2.75) is 25.8 Å². The molecule has 88 valence electrons. The summed E-state index contributed by atoms with van der Waals surface area (Å²) in [4.78, 5) is 25.4. The summed E-state index contributed by atoms with van der Waals surface area (Å²) >= 11 is 0. The lowest BCUT2D eigenvalue weighted by molar-refractivity contribution is -0.157. The Bertz CT molecular complexity index is 359. The zero-order valence-corrected chi connectivity index (χ0v) is 9.95. The molecule has 0 amide bonds. The van der Waals surface area contributed by atoms with Crippen molar-refractivity contribution in [3.63, 3.8) is 0 Å². The van der Waals surface area contributed by atoms with Gasteiger partial charge in [0.05, 0.1) is 6.61 Å². The molecule has 0 aromatic carbocycles. The van der Waals surface area contributed by atoms with Crippen molar-refractivity contribution in [2.24, 2.45) is 0 Å². The van der Waals surface area contributed by atoms with Crippen LogP contribution < -0.4 is 0 Å². The predicted molar refractivity (Wildman–Crippen MR) is 60.7 cm³/mol. The van der Waals surface area contributed by atoms with Crippen LogP contribution in [0.2, 0.25) is 0 Å². The molecule has 1 unspecified atom stereocenters. The first-order valence-electron chi connectivity index (χ1n) is 5.22. The van der Waals surface area contributed by atoms with Crippen LogP contribution in [0.1, 0.15) is 20.3 Å². The van der Waals surface area contributed by atoms with E-state index in [-0.39, 0.29) is 18.8 Å². The summed E-state index contributed by atoms with van der Waals surface area (Å²) in [6.45, 7) is 7.54. The Morgan fingerprint density at radius 2 is 2.25 bits per heavy atom. The number of esters is 1. The highest BCUT2D eigenvalue weighted by Crippen LogP contribution is 2.30. The van der Waals surface area contributed by atoms with Gasteiger partial charge in [-0.1, -0.05) is 5.57 Å². The van der Waals surface area contributed by atoms with E-state index in [1.165, 1.54) is 6.08 Å². The van der Waals surface area contributed by atoms with Crippen LogP contribution >= 0.6 is 0 Å². The van der Waals surface area contributed by atoms with E-state index in [1.807, 2.05) is 0 Å². The molecule has 0 bridgehead atoms. The molecule has 0 radical (unpaired) electrons. The number of ketones is 1. The lowest BCUT2D eigenvalue weighted by Gasteiger charge is -2.33. The summed E-state index contributed by atoms with van der Waals surface area (Å²) in [5, 5.41) is 0. The van der Waals surface area contributed by atoms with Crippen LogP contribution in [0, 0.1) is 0 Å². The lowest BCUT2D eigenvalue weighted by Crippen LogP contribution is -2.54. The molecule has 4 nitrogen and oxygen atoms in total. The number of hydrogen-bond acceptors (Lipinski definition) is 4. The second kappa shape index (κ2) is 4.51. The van der Waals surface area contributed by atoms with Crippen molar-refractivity contribution in [1.82, 2.24) is 4.90 Å². The van der Waals surface area contributed by atoms with Crippen LogP contribution in [0.25, 0.3) is 0 Å². The average Bonchev–Trinajstić information content (AvgIpc) is 2.46. The van der Waals surface area contributed by atoms with E-state index in [9.17, 15) is 9.59 Å². The van der Waals surface area contributed by atoms with Gasteiger partial charge in [-0.2, -0.15) is 0 Å². The van der Waals surface area contributed by atoms with E-state index < -0.39 is 11.5 Å². The smallest absolute Gasteiger partial charge is 0.340 e. The van der Waals surface area contributed by atoms with Gasteiger partial charge in [0.2, 0.25) is 5.54 Å². The van der Waals surface area contributed by atoms with E-state index in [0.29, 0.717) is 0 Å². The first kappa shape index (κ1) is 12.5. The van der Waals surface area contributed by atoms with Crippen molar-refractivity contribution in [2.75, 3.05) is 13.7 Å². The van der Waals surface area contributed by atoms with Gasteiger partial charge >= 0.3 is 5.97 Å². The Labute approximate surface area is 95.6 Å². The molecule has 0 fully saturated rings. The molecule has 0 aromatic heterocycles. The van der Waals surface area contributed by atoms with Gasteiger partial charge in [0, 0.05) is 25.7 Å². The van der Waals surface area contributed by atoms with Gasteiger partial charge in [0.15, 0.2) is 5.78 Å². The first-order chi connectivity index (χ1) is 7.45. The highest BCUT2D eigenvalue weighted by atomic mass is 16.5. The first-order valence-corrected chi connectivity index (χ1v) is 5.22. The quantitative estimate of drug-likeness (QED) is 0.409. The minimum atomic E-state index is -1.23. The SMILES string of the molecule is C=C(C)CC1(C(=O)OCC)C(=O)C=CN1C. The van der Waals surface area contributed by atoms with Gasteiger partial charge in [-0.25, -0.2) is 4.79 Å². The minimum absolute atomic E-state index is 0.239. The normalized spacial score (nSPS) is 23.7. The van der Waals surface area contributed by atoms with Gasteiger partial charge in [-0.3, -0.25) is 4.79 Å². The molecule has 0 saturated carbocycles. The van der Waals surface area contributed by atoms with Crippen molar-refractivity contribution in [3.8, 4) is 0 Å². The zero-order valence-electron chi connectivity index (χ0n) is 9.95. The second-order valence-corrected chi connectivity index (χ2v) is 4.01. The molecule has 1 aliphatic heterocycles. The third-order valence-electron chi connectivity index (χ3n) is 2.63. The number of ether oxygens (including phenoxy) is 1. The van der Waals surface area contributed by atoms with E-state index in [2.05, 4.69) is 6.58 Å². The van der Waals surface area contributed by atoms with Crippen LogP contribution in [0.5, 0.6) is 0 Å². The second-order valence-electron chi connectivity index (χ2n) is 4.01. The number of carbonyl (C=O) groups is 2. The fourth-order valence-electron chi connectivity index (χ4n) is 1.83. The summed E-state index contributed by atoms with van der Waals surface area (Å²) < 4.78 is 4.99. The number of hydrogen-bond donors (Lipinski definition) is 0. The molecular formula is C12H17NO3. The van der Waals surface area contributed by atoms with Gasteiger partial charge in [-0.05, 0) is 13.8 Å². The number of nitrogens with zero attached hydrogens (tertiary/aromatic N) is 1. The third-order valence-corrected chi connectivity index (χ3v) is 2.63. The van der Waals surface area contributed by atoms with E-state index in [4.69, 9.17) is 4.74 Å². The van der Waals surface area contributed by atoms with Crippen LogP contribution in [0.15, 0.2) is 24.4 Å². The molecule has 0 N–H and O–H groups in total. The Morgan fingerprint density at radius 1 is 1.62 bits per heavy atom. The predicted octanol–water partition coefficient (Wildman–Crippen LogP) is 1.28. The molecule has 1 rings (SSSR count). The summed E-state index contributed by atoms with van der Waals surface area (Å²) in [6, 6.07) is 0. The Balaban J connectivity index is 3.07. The Morgan fingerprint density at radius 3 is 2.62 bits per heavy atom. The number of likely N-dealkylation sites (N-methyl/N-ethyl adjacent to an activating group) is 1. The minimum Gasteiger partial charge on any atom is -0.464 e. The summed E-state index contributed by atoms with van der Waals surface area (Å²) in [7, 11) is 1.70. The zero-order chi connectivity index (χ0) is 12.3. The highest BCUT2D eigenvalue weighted by molar-refractivity contribution is 6.15. The molecule has 0 aliphatic carbocycles. The van der Waals surface area contributed by atoms with Gasteiger partial charge in [0.25, 0.3) is 0 Å². The molecule has 1 atom stereocenters. The number of carbonyl (C=O) groups excluding carboxylic acids is 2. The van der Waals surface area contributed by atoms with Crippen molar-refractivity contribution >= 4 is 11.8 Å². The van der Waals surface area contributed by atoms with Crippen molar-refractivity contribution in [3.05, 3.63) is 24.4 Å². The van der Waals surface area contributed by atoms with Gasteiger partial charge < -0.3 is 9.64 Å². The maximum atomic E-state index is 12.0. The largest absolute Gasteiger partial charge is 0.464 e. The lowest BCUT2D eigenvalue weighted by atomic mass is 9.88. The molecule has 0 spiro atoms. The molecular weight excluding hydrogens is 206 g/mol. The Hall–Kier alpha value is -1.58. The van der Waals surface area contributed by atoms with Gasteiger partial charge in [0.1, 0.15) is 0 Å². The van der Waals surface area contributed by atoms with Crippen molar-refractivity contribution in [1.29, 1.82) is 0 Å². The third kappa shape index (κ3) is 1.87. The molecule has 4 heteroatoms. The topological polar surface area (TPSA) is 46.6 Å². The molecule has 16 heavy (non-hydrogen) atoms. The van der Waals surface area contributed by atoms with Crippen LogP contribution in [0.4, 0.5) is 0 Å². The monoisotopic (exact) mass is 223 g/mol. The van der Waals surface area contributed by atoms with Gasteiger partial charge in [-0.15, -0.1) is 6.58 Å². The molecule has 1 aliphatic rings. The summed E-state index contributed by atoms with van der Waals surface area (Å²) in [5.41, 5.74) is -0.459. The average molecular weight is 223 g/mol. The van der Waals surface area contributed by atoms with Crippen molar-refractivity contribution < 1.29 is 14.3 Å². The standard InChI is InChI=1S/C12H17NO3/c1-5-16-11(15)12(8-9(2)3)10(14)6-7-13(12)4/h6-7H,2,5,8H2,1,3-4H3. The fourth-order valence-corrected chi connectivity index (χ4v) is 1.83. The van der Waals surface area contributed by atoms with E-state index in [0.717, 1.165) is 5.57 Å². The summed E-state index contributed by atoms with van der Waals surface area (Å²) in [6.07, 6.45) is 3.29.